The fraction of sp³-hybridized carbons (Fsp3) is 0. The van der Waals surface area contributed by atoms with E-state index in [9.17, 15) is 0 Å². The third-order valence-electron chi connectivity index (χ3n) is 11.1. The van der Waals surface area contributed by atoms with Crippen LogP contribution in [0.1, 0.15) is 0 Å². The second-order valence-corrected chi connectivity index (χ2v) is 14.3. The number of hydrogen-bond donors (Lipinski definition) is 0. The molecule has 0 unspecified atom stereocenters. The van der Waals surface area contributed by atoms with Gasteiger partial charge in [-0.1, -0.05) is 152 Å². The van der Waals surface area contributed by atoms with Gasteiger partial charge in [-0.25, -0.2) is 15.0 Å². The summed E-state index contributed by atoms with van der Waals surface area (Å²) in [7, 11) is 0. The molecule has 0 saturated heterocycles. The van der Waals surface area contributed by atoms with Crippen molar-refractivity contribution < 1.29 is 8.83 Å². The van der Waals surface area contributed by atoms with Gasteiger partial charge < -0.3 is 8.83 Å². The lowest BCUT2D eigenvalue weighted by molar-refractivity contribution is 0.669. The van der Waals surface area contributed by atoms with Gasteiger partial charge in [-0.3, -0.25) is 0 Å². The lowest BCUT2D eigenvalue weighted by Gasteiger charge is -2.12. The third kappa shape index (κ3) is 4.58. The van der Waals surface area contributed by atoms with Crippen LogP contribution in [-0.2, 0) is 0 Å². The van der Waals surface area contributed by atoms with Crippen molar-refractivity contribution in [3.63, 3.8) is 0 Å². The molecule has 5 nitrogen and oxygen atoms in total. The van der Waals surface area contributed by atoms with Crippen molar-refractivity contribution in [1.82, 2.24) is 15.0 Å². The van der Waals surface area contributed by atoms with Crippen molar-refractivity contribution in [3.05, 3.63) is 176 Å². The summed E-state index contributed by atoms with van der Waals surface area (Å²) in [6, 6.07) is 61.0. The molecule has 5 heteroatoms. The maximum absolute atomic E-state index is 6.98. The van der Waals surface area contributed by atoms with Crippen molar-refractivity contribution in [2.45, 2.75) is 0 Å². The Morgan fingerprint density at radius 2 is 0.786 bits per heavy atom. The molecule has 260 valence electrons. The Kier molecular flexibility index (Phi) is 6.56. The van der Waals surface area contributed by atoms with Gasteiger partial charge >= 0.3 is 0 Å². The molecule has 3 heterocycles. The van der Waals surface area contributed by atoms with E-state index in [4.69, 9.17) is 23.8 Å². The molecular formula is C51H29N3O2. The summed E-state index contributed by atoms with van der Waals surface area (Å²) in [5.74, 6) is 1.68. The van der Waals surface area contributed by atoms with Crippen LogP contribution in [0.5, 0.6) is 0 Å². The molecule has 0 atom stereocenters. The van der Waals surface area contributed by atoms with E-state index < -0.39 is 0 Å². The maximum Gasteiger partial charge on any atom is 0.167 e. The molecule has 12 rings (SSSR count). The molecule has 0 aliphatic rings. The summed E-state index contributed by atoms with van der Waals surface area (Å²) in [5, 5.41) is 11.5. The number of rotatable bonds is 4. The second kappa shape index (κ2) is 11.9. The molecule has 0 bridgehead atoms. The topological polar surface area (TPSA) is 65.0 Å². The van der Waals surface area contributed by atoms with Crippen molar-refractivity contribution in [1.29, 1.82) is 0 Å². The number of benzene rings is 9. The van der Waals surface area contributed by atoms with E-state index in [0.717, 1.165) is 71.7 Å². The van der Waals surface area contributed by atoms with Crippen LogP contribution in [0.2, 0.25) is 0 Å². The molecule has 0 fully saturated rings. The van der Waals surface area contributed by atoms with E-state index in [1.165, 1.54) is 32.3 Å². The zero-order valence-electron chi connectivity index (χ0n) is 29.9. The zero-order chi connectivity index (χ0) is 36.7. The summed E-state index contributed by atoms with van der Waals surface area (Å²) in [6.07, 6.45) is 0. The summed E-state index contributed by atoms with van der Waals surface area (Å²) < 4.78 is 13.2. The summed E-state index contributed by atoms with van der Waals surface area (Å²) in [4.78, 5) is 15.4. The van der Waals surface area contributed by atoms with Crippen molar-refractivity contribution in [2.75, 3.05) is 0 Å². The van der Waals surface area contributed by atoms with Crippen LogP contribution < -0.4 is 0 Å². The van der Waals surface area contributed by atoms with Crippen LogP contribution in [-0.4, -0.2) is 15.0 Å². The average Bonchev–Trinajstić information content (AvgIpc) is 3.85. The van der Waals surface area contributed by atoms with E-state index in [1.807, 2.05) is 66.7 Å². The third-order valence-corrected chi connectivity index (χ3v) is 11.1. The van der Waals surface area contributed by atoms with Gasteiger partial charge in [0.1, 0.15) is 22.3 Å². The van der Waals surface area contributed by atoms with Crippen LogP contribution >= 0.6 is 0 Å². The summed E-state index contributed by atoms with van der Waals surface area (Å²) in [6.45, 7) is 0. The van der Waals surface area contributed by atoms with Crippen molar-refractivity contribution >= 4 is 76.2 Å². The van der Waals surface area contributed by atoms with Gasteiger partial charge in [-0.2, -0.15) is 0 Å². The minimum absolute atomic E-state index is 0.536. The molecule has 0 aliphatic carbocycles. The van der Waals surface area contributed by atoms with E-state index in [0.29, 0.717) is 17.5 Å². The molecule has 0 N–H and O–H groups in total. The predicted molar refractivity (Wildman–Crippen MR) is 229 cm³/mol. The largest absolute Gasteiger partial charge is 0.456 e. The highest BCUT2D eigenvalue weighted by atomic mass is 16.3. The van der Waals surface area contributed by atoms with E-state index >= 15 is 0 Å². The highest BCUT2D eigenvalue weighted by Gasteiger charge is 2.21. The maximum atomic E-state index is 6.98. The normalized spacial score (nSPS) is 11.9. The van der Waals surface area contributed by atoms with Crippen molar-refractivity contribution in [3.8, 4) is 45.3 Å². The fourth-order valence-corrected chi connectivity index (χ4v) is 8.59. The van der Waals surface area contributed by atoms with E-state index in [-0.39, 0.29) is 0 Å². The Morgan fingerprint density at radius 1 is 0.286 bits per heavy atom. The Balaban J connectivity index is 1.08. The van der Waals surface area contributed by atoms with Crippen LogP contribution in [0.15, 0.2) is 185 Å². The molecule has 9 aromatic carbocycles. The Morgan fingerprint density at radius 3 is 1.52 bits per heavy atom. The number of aromatic nitrogens is 3. The van der Waals surface area contributed by atoms with Crippen LogP contribution in [0.3, 0.4) is 0 Å². The molecule has 3 aromatic heterocycles. The van der Waals surface area contributed by atoms with Crippen LogP contribution in [0.4, 0.5) is 0 Å². The number of fused-ring (bicyclic) bond motifs is 12. The molecular weight excluding hydrogens is 687 g/mol. The molecule has 0 spiro atoms. The first-order valence-corrected chi connectivity index (χ1v) is 18.8. The Hall–Kier alpha value is -7.63. The molecule has 0 saturated carbocycles. The smallest absolute Gasteiger partial charge is 0.167 e. The zero-order valence-corrected chi connectivity index (χ0v) is 29.9. The summed E-state index contributed by atoms with van der Waals surface area (Å²) >= 11 is 0. The summed E-state index contributed by atoms with van der Waals surface area (Å²) in [5.41, 5.74) is 7.87. The standard InChI is InChI=1S/C51H29N3O2/c1-2-13-30(14-3-1)49-52-50(41-23-12-26-45-46(41)40-19-8-9-25-44(40)55-45)54-51(53-49)42-24-11-22-39-38-21-10-20-32(47(38)56-48(39)42)31-27-28-37-35-17-5-4-15-33(35)34-16-6-7-18-36(34)43(37)29-31/h1-29H. The van der Waals surface area contributed by atoms with Crippen LogP contribution in [0.25, 0.3) is 121 Å². The SMILES string of the molecule is c1ccc(-c2nc(-c3cccc4c3oc3c(-c5ccc6c7ccccc7c7ccccc7c6c5)cccc34)nc(-c3cccc4oc5ccccc5c34)n2)cc1. The van der Waals surface area contributed by atoms with E-state index in [2.05, 4.69) is 109 Å². The minimum Gasteiger partial charge on any atom is -0.456 e. The molecule has 0 amide bonds. The number of furan rings is 2. The molecule has 56 heavy (non-hydrogen) atoms. The second-order valence-electron chi connectivity index (χ2n) is 14.3. The minimum atomic E-state index is 0.536. The van der Waals surface area contributed by atoms with Gasteiger partial charge in [0.25, 0.3) is 0 Å². The average molecular weight is 716 g/mol. The highest BCUT2D eigenvalue weighted by Crippen LogP contribution is 2.43. The highest BCUT2D eigenvalue weighted by molar-refractivity contribution is 6.26. The monoisotopic (exact) mass is 715 g/mol. The Labute approximate surface area is 320 Å². The Bertz CT molecular complexity index is 3510. The van der Waals surface area contributed by atoms with Gasteiger partial charge in [-0.05, 0) is 62.1 Å². The van der Waals surface area contributed by atoms with Gasteiger partial charge in [0.15, 0.2) is 17.5 Å². The first-order chi connectivity index (χ1) is 27.8. The number of para-hydroxylation sites is 3. The molecule has 12 aromatic rings. The first kappa shape index (κ1) is 30.8. The number of hydrogen-bond acceptors (Lipinski definition) is 5. The van der Waals surface area contributed by atoms with E-state index in [1.54, 1.807) is 0 Å². The molecule has 0 aliphatic heterocycles. The fourth-order valence-electron chi connectivity index (χ4n) is 8.59. The van der Waals surface area contributed by atoms with Gasteiger partial charge in [0.2, 0.25) is 0 Å². The molecule has 0 radical (unpaired) electrons. The van der Waals surface area contributed by atoms with Crippen molar-refractivity contribution in [2.24, 2.45) is 0 Å². The van der Waals surface area contributed by atoms with Gasteiger partial charge in [0, 0.05) is 38.2 Å². The quantitative estimate of drug-likeness (QED) is 0.170. The van der Waals surface area contributed by atoms with Gasteiger partial charge in [0.05, 0.1) is 5.56 Å². The lowest BCUT2D eigenvalue weighted by Crippen LogP contribution is -2.00. The van der Waals surface area contributed by atoms with Gasteiger partial charge in [-0.15, -0.1) is 0 Å². The number of nitrogens with zero attached hydrogens (tertiary/aromatic N) is 3. The first-order valence-electron chi connectivity index (χ1n) is 18.8. The van der Waals surface area contributed by atoms with Crippen LogP contribution in [0, 0.1) is 0 Å². The lowest BCUT2D eigenvalue weighted by atomic mass is 9.92. The predicted octanol–water partition coefficient (Wildman–Crippen LogP) is 13.8.